The Kier molecular flexibility index (Phi) is 3.98. The van der Waals surface area contributed by atoms with Gasteiger partial charge in [0.2, 0.25) is 0 Å². The molecule has 0 saturated carbocycles. The molecule has 0 fully saturated rings. The molecule has 1 amide bonds. The molecule has 0 unspecified atom stereocenters. The molecule has 7 nitrogen and oxygen atoms in total. The Balaban J connectivity index is 2.65. The zero-order chi connectivity index (χ0) is 12.0. The maximum atomic E-state index is 11.3. The standard InChI is InChI=1S/C9H7NO6/c11-5-6-3-1-2-4-7(6)8(12)10-16-15-9(13)14/h1-5H,(H,10,12)(H,13,14). The van der Waals surface area contributed by atoms with Gasteiger partial charge in [-0.05, 0) is 6.07 Å². The van der Waals surface area contributed by atoms with Crippen LogP contribution < -0.4 is 5.48 Å². The zero-order valence-corrected chi connectivity index (χ0v) is 7.88. The smallest absolute Gasteiger partial charge is 0.448 e. The van der Waals surface area contributed by atoms with Crippen LogP contribution in [-0.2, 0) is 9.88 Å². The fourth-order valence-corrected chi connectivity index (χ4v) is 0.956. The minimum atomic E-state index is -1.70. The van der Waals surface area contributed by atoms with Crippen LogP contribution in [-0.4, -0.2) is 23.5 Å². The van der Waals surface area contributed by atoms with Gasteiger partial charge in [-0.25, -0.2) is 9.68 Å². The average molecular weight is 225 g/mol. The Labute approximate surface area is 89.5 Å². The summed E-state index contributed by atoms with van der Waals surface area (Å²) in [6.07, 6.45) is -1.21. The van der Waals surface area contributed by atoms with Crippen molar-refractivity contribution in [2.24, 2.45) is 0 Å². The molecule has 16 heavy (non-hydrogen) atoms. The van der Waals surface area contributed by atoms with E-state index < -0.39 is 12.1 Å². The van der Waals surface area contributed by atoms with Crippen LogP contribution in [0.1, 0.15) is 20.7 Å². The predicted molar refractivity (Wildman–Crippen MR) is 49.5 cm³/mol. The summed E-state index contributed by atoms with van der Waals surface area (Å²) in [4.78, 5) is 39.3. The summed E-state index contributed by atoms with van der Waals surface area (Å²) >= 11 is 0. The molecule has 1 rings (SSSR count). The van der Waals surface area contributed by atoms with Gasteiger partial charge in [-0.1, -0.05) is 23.2 Å². The summed E-state index contributed by atoms with van der Waals surface area (Å²) in [5, 5.41) is 8.04. The molecule has 7 heteroatoms. The first-order chi connectivity index (χ1) is 7.65. The number of carboxylic acid groups (broad SMARTS) is 1. The van der Waals surface area contributed by atoms with E-state index in [0.717, 1.165) is 0 Å². The van der Waals surface area contributed by atoms with Gasteiger partial charge in [0.05, 0.1) is 5.56 Å². The van der Waals surface area contributed by atoms with Gasteiger partial charge in [-0.2, -0.15) is 5.48 Å². The third-order valence-electron chi connectivity index (χ3n) is 1.58. The average Bonchev–Trinajstić information content (AvgIpc) is 2.28. The number of hydrogen-bond donors (Lipinski definition) is 2. The summed E-state index contributed by atoms with van der Waals surface area (Å²) in [6, 6.07) is 5.93. The maximum absolute atomic E-state index is 11.3. The molecular weight excluding hydrogens is 218 g/mol. The number of amides is 1. The second-order valence-corrected chi connectivity index (χ2v) is 2.57. The van der Waals surface area contributed by atoms with E-state index in [0.29, 0.717) is 6.29 Å². The van der Waals surface area contributed by atoms with Crippen LogP contribution in [0.4, 0.5) is 4.79 Å². The fourth-order valence-electron chi connectivity index (χ4n) is 0.956. The fraction of sp³-hybridized carbons (Fsp3) is 0. The minimum Gasteiger partial charge on any atom is -0.448 e. The van der Waals surface area contributed by atoms with Crippen molar-refractivity contribution in [3.05, 3.63) is 35.4 Å². The van der Waals surface area contributed by atoms with E-state index in [9.17, 15) is 14.4 Å². The Morgan fingerprint density at radius 3 is 2.62 bits per heavy atom. The van der Waals surface area contributed by atoms with Crippen molar-refractivity contribution in [1.29, 1.82) is 0 Å². The van der Waals surface area contributed by atoms with Crippen LogP contribution in [0.5, 0.6) is 0 Å². The molecule has 0 spiro atoms. The van der Waals surface area contributed by atoms with Crippen molar-refractivity contribution in [2.75, 3.05) is 0 Å². The largest absolute Gasteiger partial charge is 0.539 e. The number of hydrogen-bond acceptors (Lipinski definition) is 5. The van der Waals surface area contributed by atoms with Crippen LogP contribution in [0.15, 0.2) is 24.3 Å². The molecule has 1 aromatic rings. The van der Waals surface area contributed by atoms with E-state index in [1.807, 2.05) is 0 Å². The summed E-state index contributed by atoms with van der Waals surface area (Å²) in [7, 11) is 0. The van der Waals surface area contributed by atoms with Crippen LogP contribution in [0.25, 0.3) is 0 Å². The summed E-state index contributed by atoms with van der Waals surface area (Å²) in [5.74, 6) is -0.788. The van der Waals surface area contributed by atoms with Crippen LogP contribution >= 0.6 is 0 Å². The van der Waals surface area contributed by atoms with Crippen LogP contribution in [0, 0.1) is 0 Å². The lowest BCUT2D eigenvalue weighted by Crippen LogP contribution is -2.26. The Morgan fingerprint density at radius 2 is 2.00 bits per heavy atom. The maximum Gasteiger partial charge on any atom is 0.539 e. The summed E-state index contributed by atoms with van der Waals surface area (Å²) in [5.41, 5.74) is 1.90. The molecule has 0 saturated heterocycles. The highest BCUT2D eigenvalue weighted by molar-refractivity contribution is 6.00. The SMILES string of the molecule is O=Cc1ccccc1C(=O)NOOC(=O)O. The van der Waals surface area contributed by atoms with Crippen LogP contribution in [0.3, 0.4) is 0 Å². The molecule has 1 aromatic carbocycles. The van der Waals surface area contributed by atoms with Crippen molar-refractivity contribution in [1.82, 2.24) is 5.48 Å². The number of benzene rings is 1. The van der Waals surface area contributed by atoms with Crippen LogP contribution in [0.2, 0.25) is 0 Å². The molecule has 0 atom stereocenters. The monoisotopic (exact) mass is 225 g/mol. The first kappa shape index (κ1) is 11.7. The topological polar surface area (TPSA) is 102 Å². The van der Waals surface area contributed by atoms with Gasteiger partial charge >= 0.3 is 6.16 Å². The molecule has 0 radical (unpaired) electrons. The van der Waals surface area contributed by atoms with E-state index in [-0.39, 0.29) is 11.1 Å². The quantitative estimate of drug-likeness (QED) is 0.445. The number of hydroxylamine groups is 1. The molecule has 0 aliphatic rings. The molecule has 0 aliphatic heterocycles. The van der Waals surface area contributed by atoms with Crippen molar-refractivity contribution in [3.8, 4) is 0 Å². The minimum absolute atomic E-state index is 0.0477. The molecule has 0 heterocycles. The Morgan fingerprint density at radius 1 is 1.31 bits per heavy atom. The number of rotatable bonds is 4. The van der Waals surface area contributed by atoms with Gasteiger partial charge < -0.3 is 5.11 Å². The second kappa shape index (κ2) is 5.47. The lowest BCUT2D eigenvalue weighted by atomic mass is 10.1. The molecule has 0 bridgehead atoms. The van der Waals surface area contributed by atoms with Gasteiger partial charge in [0, 0.05) is 5.56 Å². The third kappa shape index (κ3) is 3.07. The third-order valence-corrected chi connectivity index (χ3v) is 1.58. The highest BCUT2D eigenvalue weighted by atomic mass is 17.3. The Hall–Kier alpha value is -2.41. The zero-order valence-electron chi connectivity index (χ0n) is 7.88. The summed E-state index contributed by atoms with van der Waals surface area (Å²) in [6.45, 7) is 0. The van der Waals surface area contributed by atoms with Gasteiger partial charge in [0.25, 0.3) is 5.91 Å². The number of nitrogens with one attached hydrogen (secondary N) is 1. The number of carbonyl (C=O) groups excluding carboxylic acids is 2. The predicted octanol–water partition coefficient (Wildman–Crippen LogP) is 0.770. The normalized spacial score (nSPS) is 9.25. The van der Waals surface area contributed by atoms with Gasteiger partial charge in [0.1, 0.15) is 0 Å². The first-order valence-corrected chi connectivity index (χ1v) is 4.06. The highest BCUT2D eigenvalue weighted by Gasteiger charge is 2.11. The van der Waals surface area contributed by atoms with Gasteiger partial charge in [-0.3, -0.25) is 9.59 Å². The Bertz CT molecular complexity index is 416. The van der Waals surface area contributed by atoms with E-state index in [1.54, 1.807) is 17.6 Å². The van der Waals surface area contributed by atoms with E-state index in [4.69, 9.17) is 5.11 Å². The van der Waals surface area contributed by atoms with E-state index in [1.165, 1.54) is 12.1 Å². The lowest BCUT2D eigenvalue weighted by Gasteiger charge is -2.03. The van der Waals surface area contributed by atoms with Gasteiger partial charge in [-0.15, -0.1) is 0 Å². The van der Waals surface area contributed by atoms with E-state index >= 15 is 0 Å². The van der Waals surface area contributed by atoms with Crippen molar-refractivity contribution >= 4 is 18.3 Å². The number of aldehydes is 1. The number of carbonyl (C=O) groups is 3. The first-order valence-electron chi connectivity index (χ1n) is 4.06. The molecule has 2 N–H and O–H groups in total. The van der Waals surface area contributed by atoms with Gasteiger partial charge in [0.15, 0.2) is 6.29 Å². The molecule has 0 aromatic heterocycles. The lowest BCUT2D eigenvalue weighted by molar-refractivity contribution is -0.282. The van der Waals surface area contributed by atoms with E-state index in [2.05, 4.69) is 9.88 Å². The van der Waals surface area contributed by atoms with Crippen molar-refractivity contribution in [3.63, 3.8) is 0 Å². The summed E-state index contributed by atoms with van der Waals surface area (Å²) < 4.78 is 0. The molecule has 0 aliphatic carbocycles. The van der Waals surface area contributed by atoms with Crippen molar-refractivity contribution in [2.45, 2.75) is 0 Å². The highest BCUT2D eigenvalue weighted by Crippen LogP contribution is 2.05. The van der Waals surface area contributed by atoms with Crippen molar-refractivity contribution < 1.29 is 29.4 Å². The molecule has 84 valence electrons. The molecular formula is C9H7NO6. The second-order valence-electron chi connectivity index (χ2n) is 2.57.